The third kappa shape index (κ3) is 4.38. The number of Topliss-reactive ketones (excluding diaryl/α,β-unsaturated/α-hetero) is 1. The molecular formula is C20H25N3O2S. The molecule has 1 aromatic carbocycles. The molecule has 2 heterocycles. The maximum Gasteiger partial charge on any atom is 0.251 e. The highest BCUT2D eigenvalue weighted by Gasteiger charge is 2.22. The Morgan fingerprint density at radius 1 is 1.12 bits per heavy atom. The normalized spacial score (nSPS) is 18.7. The van der Waals surface area contributed by atoms with Crippen LogP contribution in [0.25, 0.3) is 10.4 Å². The molecular weight excluding hydrogens is 346 g/mol. The summed E-state index contributed by atoms with van der Waals surface area (Å²) in [5, 5.41) is 3.05. The van der Waals surface area contributed by atoms with Crippen molar-refractivity contribution in [2.75, 3.05) is 40.3 Å². The average molecular weight is 372 g/mol. The fourth-order valence-electron chi connectivity index (χ4n) is 3.10. The second-order valence-corrected chi connectivity index (χ2v) is 7.99. The fourth-order valence-corrected chi connectivity index (χ4v) is 4.01. The summed E-state index contributed by atoms with van der Waals surface area (Å²) in [6.07, 6.45) is 0. The molecule has 0 radical (unpaired) electrons. The highest BCUT2D eigenvalue weighted by Crippen LogP contribution is 2.28. The van der Waals surface area contributed by atoms with Gasteiger partial charge in [0.1, 0.15) is 0 Å². The number of likely N-dealkylation sites (N-methyl/N-ethyl adjacent to an activating group) is 2. The lowest BCUT2D eigenvalue weighted by molar-refractivity contribution is 0.0881. The van der Waals surface area contributed by atoms with Crippen molar-refractivity contribution in [2.45, 2.75) is 13.0 Å². The monoisotopic (exact) mass is 371 g/mol. The Labute approximate surface area is 158 Å². The van der Waals surface area contributed by atoms with Crippen molar-refractivity contribution in [2.24, 2.45) is 0 Å². The minimum atomic E-state index is -0.0474. The van der Waals surface area contributed by atoms with Gasteiger partial charge >= 0.3 is 0 Å². The fraction of sp³-hybridized carbons (Fsp3) is 0.400. The number of nitrogens with one attached hydrogen (secondary N) is 1. The lowest BCUT2D eigenvalue weighted by Crippen LogP contribution is -2.54. The molecule has 1 fully saturated rings. The van der Waals surface area contributed by atoms with E-state index in [9.17, 15) is 9.59 Å². The van der Waals surface area contributed by atoms with Gasteiger partial charge in [-0.25, -0.2) is 0 Å². The zero-order chi connectivity index (χ0) is 18.7. The van der Waals surface area contributed by atoms with Crippen LogP contribution >= 0.6 is 11.3 Å². The van der Waals surface area contributed by atoms with Crippen molar-refractivity contribution in [3.8, 4) is 10.4 Å². The molecule has 1 N–H and O–H groups in total. The number of rotatable bonds is 5. The van der Waals surface area contributed by atoms with E-state index in [-0.39, 0.29) is 11.7 Å². The zero-order valence-corrected chi connectivity index (χ0v) is 16.3. The summed E-state index contributed by atoms with van der Waals surface area (Å²) in [5.74, 6) is 0.0318. The van der Waals surface area contributed by atoms with Crippen molar-refractivity contribution in [3.63, 3.8) is 0 Å². The largest absolute Gasteiger partial charge is 0.350 e. The van der Waals surface area contributed by atoms with Gasteiger partial charge in [0.05, 0.1) is 4.88 Å². The van der Waals surface area contributed by atoms with Gasteiger partial charge in [-0.1, -0.05) is 12.1 Å². The first kappa shape index (κ1) is 18.8. The summed E-state index contributed by atoms with van der Waals surface area (Å²) in [4.78, 5) is 30.2. The van der Waals surface area contributed by atoms with Crippen molar-refractivity contribution >= 4 is 23.0 Å². The highest BCUT2D eigenvalue weighted by atomic mass is 32.1. The Morgan fingerprint density at radius 2 is 1.85 bits per heavy atom. The van der Waals surface area contributed by atoms with Crippen LogP contribution in [0.1, 0.15) is 27.0 Å². The molecule has 0 spiro atoms. The minimum absolute atomic E-state index is 0.0474. The first-order valence-electron chi connectivity index (χ1n) is 8.82. The van der Waals surface area contributed by atoms with E-state index in [1.54, 1.807) is 6.92 Å². The number of piperazine rings is 1. The van der Waals surface area contributed by atoms with Gasteiger partial charge in [0, 0.05) is 42.7 Å². The van der Waals surface area contributed by atoms with Gasteiger partial charge in [0.15, 0.2) is 5.78 Å². The van der Waals surface area contributed by atoms with E-state index >= 15 is 0 Å². The number of carbonyl (C=O) groups is 2. The molecule has 0 saturated carbocycles. The lowest BCUT2D eigenvalue weighted by Gasteiger charge is -2.37. The number of benzene rings is 1. The van der Waals surface area contributed by atoms with Gasteiger partial charge < -0.3 is 10.2 Å². The second kappa shape index (κ2) is 8.12. The smallest absolute Gasteiger partial charge is 0.251 e. The maximum absolute atomic E-state index is 12.4. The predicted molar refractivity (Wildman–Crippen MR) is 106 cm³/mol. The Kier molecular flexibility index (Phi) is 5.86. The van der Waals surface area contributed by atoms with Gasteiger partial charge in [-0.3, -0.25) is 14.5 Å². The molecule has 1 atom stereocenters. The van der Waals surface area contributed by atoms with Crippen molar-refractivity contribution < 1.29 is 9.59 Å². The van der Waals surface area contributed by atoms with E-state index in [2.05, 4.69) is 29.2 Å². The summed E-state index contributed by atoms with van der Waals surface area (Å²) in [6, 6.07) is 11.7. The Bertz CT molecular complexity index is 785. The number of thiophene rings is 1. The summed E-state index contributed by atoms with van der Waals surface area (Å²) >= 11 is 1.48. The van der Waals surface area contributed by atoms with Crippen molar-refractivity contribution in [3.05, 3.63) is 46.8 Å². The van der Waals surface area contributed by atoms with E-state index < -0.39 is 0 Å². The van der Waals surface area contributed by atoms with Gasteiger partial charge in [-0.05, 0) is 50.8 Å². The predicted octanol–water partition coefficient (Wildman–Crippen LogP) is 2.59. The lowest BCUT2D eigenvalue weighted by atomic mass is 10.1. The standard InChI is InChI=1S/C20H25N3O2S/c1-14(24)18-8-9-19(26-18)15-4-6-16(7-5-15)20(25)21-12-17-13-22(2)10-11-23(17)3/h4-9,17H,10-13H2,1-3H3,(H,21,25). The van der Waals surface area contributed by atoms with E-state index in [1.807, 2.05) is 36.4 Å². The number of ketones is 1. The molecule has 6 heteroatoms. The van der Waals surface area contributed by atoms with Gasteiger partial charge in [-0.15, -0.1) is 11.3 Å². The summed E-state index contributed by atoms with van der Waals surface area (Å²) in [6.45, 7) is 5.27. The van der Waals surface area contributed by atoms with Crippen LogP contribution < -0.4 is 5.32 Å². The van der Waals surface area contributed by atoms with Gasteiger partial charge in [0.2, 0.25) is 0 Å². The molecule has 0 bridgehead atoms. The molecule has 1 aromatic heterocycles. The molecule has 1 aliphatic heterocycles. The third-order valence-corrected chi connectivity index (χ3v) is 6.10. The molecule has 1 saturated heterocycles. The number of nitrogens with zero attached hydrogens (tertiary/aromatic N) is 2. The third-order valence-electron chi connectivity index (χ3n) is 4.86. The molecule has 1 aliphatic rings. The Morgan fingerprint density at radius 3 is 2.50 bits per heavy atom. The molecule has 3 rings (SSSR count). The first-order valence-corrected chi connectivity index (χ1v) is 9.64. The number of hydrogen-bond donors (Lipinski definition) is 1. The van der Waals surface area contributed by atoms with Crippen LogP contribution in [0, 0.1) is 0 Å². The summed E-state index contributed by atoms with van der Waals surface area (Å²) < 4.78 is 0. The van der Waals surface area contributed by atoms with Crippen molar-refractivity contribution in [1.82, 2.24) is 15.1 Å². The van der Waals surface area contributed by atoms with Crippen LogP contribution in [0.5, 0.6) is 0 Å². The second-order valence-electron chi connectivity index (χ2n) is 6.90. The Hall–Kier alpha value is -2.02. The maximum atomic E-state index is 12.4. The first-order chi connectivity index (χ1) is 12.4. The molecule has 2 aromatic rings. The number of hydrogen-bond acceptors (Lipinski definition) is 5. The molecule has 1 amide bonds. The molecule has 0 aliphatic carbocycles. The number of amides is 1. The molecule has 1 unspecified atom stereocenters. The minimum Gasteiger partial charge on any atom is -0.350 e. The Balaban J connectivity index is 1.60. The van der Waals surface area contributed by atoms with Crippen LogP contribution in [0.3, 0.4) is 0 Å². The van der Waals surface area contributed by atoms with Gasteiger partial charge in [-0.2, -0.15) is 0 Å². The highest BCUT2D eigenvalue weighted by molar-refractivity contribution is 7.17. The van der Waals surface area contributed by atoms with Crippen LogP contribution in [0.2, 0.25) is 0 Å². The molecule has 26 heavy (non-hydrogen) atoms. The van der Waals surface area contributed by atoms with E-state index in [1.165, 1.54) is 11.3 Å². The molecule has 5 nitrogen and oxygen atoms in total. The van der Waals surface area contributed by atoms with E-state index in [0.717, 1.165) is 35.0 Å². The quantitative estimate of drug-likeness (QED) is 0.821. The average Bonchev–Trinajstić information content (AvgIpc) is 3.13. The zero-order valence-electron chi connectivity index (χ0n) is 15.5. The topological polar surface area (TPSA) is 52.7 Å². The molecule has 138 valence electrons. The van der Waals surface area contributed by atoms with Crippen LogP contribution in [-0.4, -0.2) is 67.8 Å². The van der Waals surface area contributed by atoms with Crippen molar-refractivity contribution in [1.29, 1.82) is 0 Å². The summed E-state index contributed by atoms with van der Waals surface area (Å²) in [5.41, 5.74) is 1.68. The van der Waals surface area contributed by atoms with Gasteiger partial charge in [0.25, 0.3) is 5.91 Å². The van der Waals surface area contributed by atoms with E-state index in [0.29, 0.717) is 18.2 Å². The van der Waals surface area contributed by atoms with Crippen LogP contribution in [0.15, 0.2) is 36.4 Å². The van der Waals surface area contributed by atoms with Crippen LogP contribution in [-0.2, 0) is 0 Å². The summed E-state index contributed by atoms with van der Waals surface area (Å²) in [7, 11) is 4.22. The number of carbonyl (C=O) groups excluding carboxylic acids is 2. The van der Waals surface area contributed by atoms with Crippen LogP contribution in [0.4, 0.5) is 0 Å². The SMILES string of the molecule is CC(=O)c1ccc(-c2ccc(C(=O)NCC3CN(C)CCN3C)cc2)s1. The van der Waals surface area contributed by atoms with E-state index in [4.69, 9.17) is 0 Å².